The molecular weight excluding hydrogens is 516 g/mol. The molecule has 202 valence electrons. The number of nitrogens with one attached hydrogen (secondary N) is 2. The molecule has 0 unspecified atom stereocenters. The Labute approximate surface area is 227 Å². The fourth-order valence-corrected chi connectivity index (χ4v) is 5.65. The normalized spacial score (nSPS) is 11.4. The molecule has 0 saturated carbocycles. The Morgan fingerprint density at radius 3 is 2.46 bits per heavy atom. The molecule has 10 heteroatoms. The smallest absolute Gasteiger partial charge is 0.251 e. The van der Waals surface area contributed by atoms with Crippen molar-refractivity contribution in [2.45, 2.75) is 25.2 Å². The molecular formula is C29H30N4O5S. The largest absolute Gasteiger partial charge is 0.496 e. The van der Waals surface area contributed by atoms with Crippen LogP contribution in [-0.4, -0.2) is 48.8 Å². The molecule has 1 aromatic heterocycles. The lowest BCUT2D eigenvalue weighted by molar-refractivity contribution is -0.116. The van der Waals surface area contributed by atoms with Crippen molar-refractivity contribution in [3.63, 3.8) is 0 Å². The minimum Gasteiger partial charge on any atom is -0.496 e. The molecule has 0 bridgehead atoms. The van der Waals surface area contributed by atoms with Gasteiger partial charge in [0, 0.05) is 29.6 Å². The molecule has 9 nitrogen and oxygen atoms in total. The van der Waals surface area contributed by atoms with E-state index in [2.05, 4.69) is 15.3 Å². The number of hydrogen-bond acceptors (Lipinski definition) is 6. The van der Waals surface area contributed by atoms with Crippen molar-refractivity contribution >= 4 is 21.6 Å². The molecule has 39 heavy (non-hydrogen) atoms. The number of carbonyl (C=O) groups is 1. The van der Waals surface area contributed by atoms with E-state index in [0.717, 1.165) is 5.56 Å². The lowest BCUT2D eigenvalue weighted by Gasteiger charge is -2.22. The second-order valence-corrected chi connectivity index (χ2v) is 11.0. The van der Waals surface area contributed by atoms with Crippen LogP contribution >= 0.6 is 0 Å². The number of hydrogen-bond donors (Lipinski definition) is 2. The third-order valence-corrected chi connectivity index (χ3v) is 7.95. The van der Waals surface area contributed by atoms with E-state index in [4.69, 9.17) is 4.74 Å². The Morgan fingerprint density at radius 1 is 1.00 bits per heavy atom. The molecule has 0 aliphatic heterocycles. The summed E-state index contributed by atoms with van der Waals surface area (Å²) in [6, 6.07) is 22.3. The van der Waals surface area contributed by atoms with E-state index >= 15 is 0 Å². The van der Waals surface area contributed by atoms with Crippen LogP contribution in [0.4, 0.5) is 5.69 Å². The van der Waals surface area contributed by atoms with Crippen LogP contribution in [0.5, 0.6) is 5.75 Å². The van der Waals surface area contributed by atoms with Crippen LogP contribution < -0.4 is 15.6 Å². The molecule has 0 fully saturated rings. The van der Waals surface area contributed by atoms with E-state index in [0.29, 0.717) is 40.5 Å². The van der Waals surface area contributed by atoms with Gasteiger partial charge >= 0.3 is 0 Å². The Morgan fingerprint density at radius 2 is 1.77 bits per heavy atom. The number of rotatable bonds is 10. The van der Waals surface area contributed by atoms with Gasteiger partial charge in [-0.25, -0.2) is 13.4 Å². The zero-order valence-electron chi connectivity index (χ0n) is 22.0. The average molecular weight is 547 g/mol. The van der Waals surface area contributed by atoms with Gasteiger partial charge in [0.1, 0.15) is 11.6 Å². The maximum atomic E-state index is 13.7. The fraction of sp³-hybridized carbons (Fsp3) is 0.207. The van der Waals surface area contributed by atoms with Crippen molar-refractivity contribution in [1.82, 2.24) is 14.3 Å². The third kappa shape index (κ3) is 6.98. The molecule has 0 saturated heterocycles. The molecule has 3 aromatic carbocycles. The van der Waals surface area contributed by atoms with E-state index in [1.165, 1.54) is 23.5 Å². The van der Waals surface area contributed by atoms with E-state index in [1.54, 1.807) is 50.2 Å². The van der Waals surface area contributed by atoms with E-state index in [9.17, 15) is 18.0 Å². The van der Waals surface area contributed by atoms with Crippen molar-refractivity contribution in [2.24, 2.45) is 0 Å². The minimum atomic E-state index is -4.00. The number of benzene rings is 3. The van der Waals surface area contributed by atoms with Gasteiger partial charge in [-0.15, -0.1) is 0 Å². The van der Waals surface area contributed by atoms with Crippen LogP contribution in [0.1, 0.15) is 16.8 Å². The van der Waals surface area contributed by atoms with Crippen molar-refractivity contribution in [3.8, 4) is 17.1 Å². The van der Waals surface area contributed by atoms with Crippen molar-refractivity contribution in [2.75, 3.05) is 25.5 Å². The standard InChI is InChI=1S/C29H30N4O5S/c1-20-16-25(12-13-26(20)38-3)39(36,37)33(15-14-22-8-5-4-6-9-22)19-28(35)31-24-11-7-10-23(18-24)29-30-21(2)17-27(34)32-29/h4-13,16-18H,14-15,19H2,1-3H3,(H,31,35)(H,30,32,34). The first-order valence-electron chi connectivity index (χ1n) is 12.3. The first-order chi connectivity index (χ1) is 18.7. The number of carbonyl (C=O) groups excluding carboxylic acids is 1. The first-order valence-corrected chi connectivity index (χ1v) is 13.8. The quantitative estimate of drug-likeness (QED) is 0.311. The number of aromatic nitrogens is 2. The van der Waals surface area contributed by atoms with Gasteiger partial charge in [0.2, 0.25) is 15.9 Å². The van der Waals surface area contributed by atoms with Gasteiger partial charge in [-0.3, -0.25) is 9.59 Å². The van der Waals surface area contributed by atoms with E-state index in [1.807, 2.05) is 30.3 Å². The van der Waals surface area contributed by atoms with Crippen LogP contribution in [0, 0.1) is 13.8 Å². The summed E-state index contributed by atoms with van der Waals surface area (Å²) >= 11 is 0. The second kappa shape index (κ2) is 12.1. The number of methoxy groups -OCH3 is 1. The molecule has 1 heterocycles. The van der Waals surface area contributed by atoms with Gasteiger partial charge in [0.15, 0.2) is 0 Å². The summed E-state index contributed by atoms with van der Waals surface area (Å²) in [4.78, 5) is 32.1. The molecule has 0 aliphatic rings. The van der Waals surface area contributed by atoms with Crippen LogP contribution in [-0.2, 0) is 21.2 Å². The lowest BCUT2D eigenvalue weighted by atomic mass is 10.1. The molecule has 4 rings (SSSR count). The summed E-state index contributed by atoms with van der Waals surface area (Å²) in [5.74, 6) is 0.449. The summed E-state index contributed by atoms with van der Waals surface area (Å²) in [7, 11) is -2.48. The highest BCUT2D eigenvalue weighted by Gasteiger charge is 2.27. The zero-order valence-corrected chi connectivity index (χ0v) is 22.8. The number of ether oxygens (including phenoxy) is 1. The van der Waals surface area contributed by atoms with Gasteiger partial charge in [-0.05, 0) is 61.7 Å². The summed E-state index contributed by atoms with van der Waals surface area (Å²) in [6.07, 6.45) is 0.435. The van der Waals surface area contributed by atoms with Crippen LogP contribution in [0.15, 0.2) is 88.6 Å². The molecule has 1 amide bonds. The maximum Gasteiger partial charge on any atom is 0.251 e. The number of sulfonamides is 1. The van der Waals surface area contributed by atoms with Gasteiger partial charge in [-0.2, -0.15) is 4.31 Å². The minimum absolute atomic E-state index is 0.0816. The third-order valence-electron chi connectivity index (χ3n) is 6.11. The summed E-state index contributed by atoms with van der Waals surface area (Å²) in [6.45, 7) is 3.21. The van der Waals surface area contributed by atoms with Gasteiger partial charge in [0.05, 0.1) is 18.6 Å². The summed E-state index contributed by atoms with van der Waals surface area (Å²) in [5, 5.41) is 2.78. The highest BCUT2D eigenvalue weighted by atomic mass is 32.2. The van der Waals surface area contributed by atoms with E-state index < -0.39 is 15.9 Å². The van der Waals surface area contributed by atoms with Crippen LogP contribution in [0.25, 0.3) is 11.4 Å². The number of aryl methyl sites for hydroxylation is 2. The van der Waals surface area contributed by atoms with Crippen LogP contribution in [0.3, 0.4) is 0 Å². The molecule has 0 radical (unpaired) electrons. The zero-order chi connectivity index (χ0) is 28.0. The summed E-state index contributed by atoms with van der Waals surface area (Å²) in [5.41, 5.74) is 2.97. The highest BCUT2D eigenvalue weighted by Crippen LogP contribution is 2.24. The monoisotopic (exact) mass is 546 g/mol. The lowest BCUT2D eigenvalue weighted by Crippen LogP contribution is -2.39. The van der Waals surface area contributed by atoms with Crippen molar-refractivity contribution < 1.29 is 17.9 Å². The SMILES string of the molecule is COc1ccc(S(=O)(=O)N(CCc2ccccc2)CC(=O)Nc2cccc(-c3nc(C)cc(=O)[nH]3)c2)cc1C. The number of amides is 1. The number of anilines is 1. The number of nitrogens with zero attached hydrogens (tertiary/aromatic N) is 2. The Hall–Kier alpha value is -4.28. The number of aromatic amines is 1. The Kier molecular flexibility index (Phi) is 8.58. The van der Waals surface area contributed by atoms with Crippen LogP contribution in [0.2, 0.25) is 0 Å². The predicted molar refractivity (Wildman–Crippen MR) is 150 cm³/mol. The molecule has 4 aromatic rings. The molecule has 0 spiro atoms. The molecule has 0 atom stereocenters. The molecule has 0 aliphatic carbocycles. The van der Waals surface area contributed by atoms with Crippen molar-refractivity contribution in [1.29, 1.82) is 0 Å². The topological polar surface area (TPSA) is 121 Å². The maximum absolute atomic E-state index is 13.7. The van der Waals surface area contributed by atoms with Gasteiger partial charge < -0.3 is 15.0 Å². The average Bonchev–Trinajstić information content (AvgIpc) is 2.91. The first kappa shape index (κ1) is 27.7. The van der Waals surface area contributed by atoms with Gasteiger partial charge in [-0.1, -0.05) is 42.5 Å². The highest BCUT2D eigenvalue weighted by molar-refractivity contribution is 7.89. The second-order valence-electron chi connectivity index (χ2n) is 9.07. The predicted octanol–water partition coefficient (Wildman–Crippen LogP) is 3.93. The Balaban J connectivity index is 1.57. The fourth-order valence-electron chi connectivity index (χ4n) is 4.16. The Bertz CT molecular complexity index is 1640. The molecule has 2 N–H and O–H groups in total. The number of H-pyrrole nitrogens is 1. The van der Waals surface area contributed by atoms with E-state index in [-0.39, 0.29) is 23.5 Å². The summed E-state index contributed by atoms with van der Waals surface area (Å²) < 4.78 is 33.8. The van der Waals surface area contributed by atoms with Crippen molar-refractivity contribution in [3.05, 3.63) is 106 Å². The van der Waals surface area contributed by atoms with Gasteiger partial charge in [0.25, 0.3) is 5.56 Å².